The van der Waals surface area contributed by atoms with Crippen molar-refractivity contribution in [3.05, 3.63) is 94.5 Å². The number of para-hydroxylation sites is 2. The molecule has 0 aliphatic carbocycles. The smallest absolute Gasteiger partial charge is 0.257 e. The third-order valence-corrected chi connectivity index (χ3v) is 6.15. The SMILES string of the molecule is O=C(NC(=S)Nc1ccccc1N1CCN(C(=O)c2ccccc2)CC1)c1ccc(Br)cc1. The monoisotopic (exact) mass is 522 g/mol. The molecule has 1 heterocycles. The maximum absolute atomic E-state index is 12.7. The van der Waals surface area contributed by atoms with E-state index in [0.717, 1.165) is 15.8 Å². The van der Waals surface area contributed by atoms with Gasteiger partial charge in [0.05, 0.1) is 11.4 Å². The minimum Gasteiger partial charge on any atom is -0.366 e. The first-order valence-electron chi connectivity index (χ1n) is 10.6. The van der Waals surface area contributed by atoms with E-state index in [-0.39, 0.29) is 16.9 Å². The van der Waals surface area contributed by atoms with Crippen LogP contribution in [0, 0.1) is 0 Å². The molecule has 1 saturated heterocycles. The van der Waals surface area contributed by atoms with E-state index in [0.29, 0.717) is 37.3 Å². The quantitative estimate of drug-likeness (QED) is 0.492. The van der Waals surface area contributed by atoms with Crippen LogP contribution in [-0.2, 0) is 0 Å². The third kappa shape index (κ3) is 5.77. The Labute approximate surface area is 206 Å². The molecule has 2 amide bonds. The van der Waals surface area contributed by atoms with Crippen LogP contribution < -0.4 is 15.5 Å². The standard InChI is InChI=1S/C25H23BrN4O2S/c26-20-12-10-18(11-13-20)23(31)28-25(33)27-21-8-4-5-9-22(21)29-14-16-30(17-15-29)24(32)19-6-2-1-3-7-19/h1-13H,14-17H2,(H2,27,28,31,33). The number of nitrogens with one attached hydrogen (secondary N) is 2. The molecule has 8 heteroatoms. The van der Waals surface area contributed by atoms with Crippen LogP contribution in [0.5, 0.6) is 0 Å². The van der Waals surface area contributed by atoms with Gasteiger partial charge in [-0.05, 0) is 60.7 Å². The second-order valence-electron chi connectivity index (χ2n) is 7.58. The summed E-state index contributed by atoms with van der Waals surface area (Å²) in [5, 5.41) is 6.11. The lowest BCUT2D eigenvalue weighted by molar-refractivity contribution is 0.0746. The van der Waals surface area contributed by atoms with E-state index in [4.69, 9.17) is 12.2 Å². The minimum atomic E-state index is -0.273. The van der Waals surface area contributed by atoms with E-state index in [1.54, 1.807) is 12.1 Å². The number of piperazine rings is 1. The van der Waals surface area contributed by atoms with Gasteiger partial charge in [-0.2, -0.15) is 0 Å². The number of hydrogen-bond donors (Lipinski definition) is 2. The van der Waals surface area contributed by atoms with Gasteiger partial charge in [0.15, 0.2) is 5.11 Å². The number of anilines is 2. The van der Waals surface area contributed by atoms with Crippen molar-refractivity contribution in [1.29, 1.82) is 0 Å². The molecule has 0 spiro atoms. The molecule has 6 nitrogen and oxygen atoms in total. The number of carbonyl (C=O) groups is 2. The maximum atomic E-state index is 12.7. The largest absolute Gasteiger partial charge is 0.366 e. The van der Waals surface area contributed by atoms with Gasteiger partial charge in [0.1, 0.15) is 0 Å². The van der Waals surface area contributed by atoms with Crippen molar-refractivity contribution in [2.45, 2.75) is 0 Å². The summed E-state index contributed by atoms with van der Waals surface area (Å²) in [5.41, 5.74) is 3.01. The third-order valence-electron chi connectivity index (χ3n) is 5.41. The number of halogens is 1. The van der Waals surface area contributed by atoms with Gasteiger partial charge in [-0.25, -0.2) is 0 Å². The molecule has 0 saturated carbocycles. The minimum absolute atomic E-state index is 0.0542. The normalized spacial score (nSPS) is 13.4. The summed E-state index contributed by atoms with van der Waals surface area (Å²) < 4.78 is 0.902. The molecular formula is C25H23BrN4O2S. The molecular weight excluding hydrogens is 500 g/mol. The first-order chi connectivity index (χ1) is 16.0. The van der Waals surface area contributed by atoms with Gasteiger partial charge >= 0.3 is 0 Å². The van der Waals surface area contributed by atoms with E-state index in [9.17, 15) is 9.59 Å². The molecule has 168 valence electrons. The Morgan fingerprint density at radius 3 is 2.12 bits per heavy atom. The highest BCUT2D eigenvalue weighted by molar-refractivity contribution is 9.10. The number of carbonyl (C=O) groups excluding carboxylic acids is 2. The van der Waals surface area contributed by atoms with E-state index in [1.165, 1.54) is 0 Å². The number of nitrogens with zero attached hydrogens (tertiary/aromatic N) is 2. The Morgan fingerprint density at radius 1 is 0.788 bits per heavy atom. The molecule has 33 heavy (non-hydrogen) atoms. The zero-order chi connectivity index (χ0) is 23.2. The van der Waals surface area contributed by atoms with Gasteiger partial charge in [-0.3, -0.25) is 14.9 Å². The van der Waals surface area contributed by atoms with Crippen molar-refractivity contribution in [3.63, 3.8) is 0 Å². The first-order valence-corrected chi connectivity index (χ1v) is 11.8. The molecule has 0 radical (unpaired) electrons. The van der Waals surface area contributed by atoms with Gasteiger partial charge in [0.25, 0.3) is 11.8 Å². The summed E-state index contributed by atoms with van der Waals surface area (Å²) in [6.07, 6.45) is 0. The van der Waals surface area contributed by atoms with Gasteiger partial charge in [0, 0.05) is 41.8 Å². The zero-order valence-corrected chi connectivity index (χ0v) is 20.2. The fourth-order valence-electron chi connectivity index (χ4n) is 3.70. The van der Waals surface area contributed by atoms with Gasteiger partial charge in [-0.15, -0.1) is 0 Å². The van der Waals surface area contributed by atoms with E-state index in [2.05, 4.69) is 31.5 Å². The maximum Gasteiger partial charge on any atom is 0.257 e. The molecule has 2 N–H and O–H groups in total. The molecule has 3 aromatic rings. The van der Waals surface area contributed by atoms with Crippen LogP contribution in [0.2, 0.25) is 0 Å². The molecule has 0 unspecified atom stereocenters. The van der Waals surface area contributed by atoms with Crippen LogP contribution in [-0.4, -0.2) is 48.0 Å². The lowest BCUT2D eigenvalue weighted by atomic mass is 10.1. The van der Waals surface area contributed by atoms with Gasteiger partial charge in [0.2, 0.25) is 0 Å². The van der Waals surface area contributed by atoms with Crippen LogP contribution in [0.15, 0.2) is 83.3 Å². The van der Waals surface area contributed by atoms with Crippen molar-refractivity contribution >= 4 is 56.4 Å². The summed E-state index contributed by atoms with van der Waals surface area (Å²) in [4.78, 5) is 29.3. The van der Waals surface area contributed by atoms with Gasteiger partial charge in [-0.1, -0.05) is 46.3 Å². The molecule has 3 aromatic carbocycles. The van der Waals surface area contributed by atoms with Crippen molar-refractivity contribution in [2.24, 2.45) is 0 Å². The van der Waals surface area contributed by atoms with Crippen LogP contribution in [0.25, 0.3) is 0 Å². The Bertz CT molecular complexity index is 1150. The number of thiocarbonyl (C=S) groups is 1. The summed E-state index contributed by atoms with van der Waals surface area (Å²) in [6, 6.07) is 24.2. The lowest BCUT2D eigenvalue weighted by Gasteiger charge is -2.37. The molecule has 0 bridgehead atoms. The van der Waals surface area contributed by atoms with Crippen LogP contribution in [0.1, 0.15) is 20.7 Å². The second kappa shape index (κ2) is 10.6. The molecule has 0 aromatic heterocycles. The summed E-state index contributed by atoms with van der Waals surface area (Å²) >= 11 is 8.75. The van der Waals surface area contributed by atoms with E-state index >= 15 is 0 Å². The van der Waals surface area contributed by atoms with Crippen molar-refractivity contribution in [2.75, 3.05) is 36.4 Å². The average molecular weight is 523 g/mol. The predicted molar refractivity (Wildman–Crippen MR) is 139 cm³/mol. The van der Waals surface area contributed by atoms with E-state index in [1.807, 2.05) is 71.6 Å². The van der Waals surface area contributed by atoms with Crippen LogP contribution in [0.4, 0.5) is 11.4 Å². The number of rotatable bonds is 4. The van der Waals surface area contributed by atoms with E-state index < -0.39 is 0 Å². The topological polar surface area (TPSA) is 64.7 Å². The molecule has 0 atom stereocenters. The summed E-state index contributed by atoms with van der Waals surface area (Å²) in [6.45, 7) is 2.67. The summed E-state index contributed by atoms with van der Waals surface area (Å²) in [7, 11) is 0. The second-order valence-corrected chi connectivity index (χ2v) is 8.90. The van der Waals surface area contributed by atoms with Crippen LogP contribution in [0.3, 0.4) is 0 Å². The fourth-order valence-corrected chi connectivity index (χ4v) is 4.17. The Hall–Kier alpha value is -3.23. The number of benzene rings is 3. The lowest BCUT2D eigenvalue weighted by Crippen LogP contribution is -2.49. The first kappa shape index (κ1) is 22.9. The Morgan fingerprint density at radius 2 is 1.42 bits per heavy atom. The average Bonchev–Trinajstić information content (AvgIpc) is 2.85. The highest BCUT2D eigenvalue weighted by Crippen LogP contribution is 2.27. The number of hydrogen-bond acceptors (Lipinski definition) is 4. The molecule has 1 aliphatic heterocycles. The van der Waals surface area contributed by atoms with Crippen molar-refractivity contribution < 1.29 is 9.59 Å². The molecule has 1 aliphatic rings. The highest BCUT2D eigenvalue weighted by Gasteiger charge is 2.23. The molecule has 4 rings (SSSR count). The van der Waals surface area contributed by atoms with Crippen LogP contribution >= 0.6 is 28.1 Å². The number of amides is 2. The highest BCUT2D eigenvalue weighted by atomic mass is 79.9. The Balaban J connectivity index is 1.37. The predicted octanol–water partition coefficient (Wildman–Crippen LogP) is 4.54. The fraction of sp³-hybridized carbons (Fsp3) is 0.160. The molecule has 1 fully saturated rings. The van der Waals surface area contributed by atoms with Crippen molar-refractivity contribution in [3.8, 4) is 0 Å². The van der Waals surface area contributed by atoms with Gasteiger partial charge < -0.3 is 15.1 Å². The zero-order valence-electron chi connectivity index (χ0n) is 17.8. The van der Waals surface area contributed by atoms with Crippen molar-refractivity contribution in [1.82, 2.24) is 10.2 Å². The summed E-state index contributed by atoms with van der Waals surface area (Å²) in [5.74, 6) is -0.219. The Kier molecular flexibility index (Phi) is 7.36.